The second kappa shape index (κ2) is 5.14. The molecule has 2 rings (SSSR count). The quantitative estimate of drug-likeness (QED) is 0.718. The van der Waals surface area contributed by atoms with Crippen molar-refractivity contribution >= 4 is 5.69 Å². The van der Waals surface area contributed by atoms with Gasteiger partial charge in [-0.25, -0.2) is 0 Å². The highest BCUT2D eigenvalue weighted by atomic mass is 15.3. The van der Waals surface area contributed by atoms with E-state index < -0.39 is 0 Å². The molecule has 0 atom stereocenters. The summed E-state index contributed by atoms with van der Waals surface area (Å²) in [5.41, 5.74) is 6.34. The molecule has 5 nitrogen and oxygen atoms in total. The van der Waals surface area contributed by atoms with Crippen molar-refractivity contribution in [3.63, 3.8) is 0 Å². The van der Waals surface area contributed by atoms with Gasteiger partial charge in [-0.2, -0.15) is 5.10 Å². The van der Waals surface area contributed by atoms with Crippen LogP contribution in [0.25, 0.3) is 0 Å². The van der Waals surface area contributed by atoms with Crippen molar-refractivity contribution in [3.05, 3.63) is 12.4 Å². The molecule has 1 saturated heterocycles. The molecule has 1 aromatic heterocycles. The lowest BCUT2D eigenvalue weighted by molar-refractivity contribution is 0.233. The van der Waals surface area contributed by atoms with Crippen LogP contribution in [0.4, 0.5) is 5.69 Å². The molecule has 2 heterocycles. The fourth-order valence-corrected chi connectivity index (χ4v) is 1.89. The number of nitrogens with two attached hydrogens (primary N) is 1. The van der Waals surface area contributed by atoms with Gasteiger partial charge in [0.2, 0.25) is 0 Å². The molecule has 0 aliphatic carbocycles. The molecule has 1 aliphatic heterocycles. The third kappa shape index (κ3) is 3.21. The first kappa shape index (κ1) is 10.4. The summed E-state index contributed by atoms with van der Waals surface area (Å²) in [7, 11) is 0. The molecule has 0 unspecified atom stereocenters. The van der Waals surface area contributed by atoms with Gasteiger partial charge in [-0.15, -0.1) is 0 Å². The number of nitrogen functional groups attached to an aromatic ring is 1. The zero-order valence-electron chi connectivity index (χ0n) is 9.02. The number of rotatable bonds is 4. The number of anilines is 1. The zero-order chi connectivity index (χ0) is 10.5. The van der Waals surface area contributed by atoms with Crippen molar-refractivity contribution in [1.29, 1.82) is 0 Å². The molecular formula is C10H19N5. The number of hydrogen-bond donors (Lipinski definition) is 2. The summed E-state index contributed by atoms with van der Waals surface area (Å²) < 4.78 is 1.91. The van der Waals surface area contributed by atoms with Crippen LogP contribution in [-0.2, 0) is 6.54 Å². The molecule has 5 heteroatoms. The molecule has 0 bridgehead atoms. The van der Waals surface area contributed by atoms with Gasteiger partial charge >= 0.3 is 0 Å². The van der Waals surface area contributed by atoms with Crippen LogP contribution in [0.1, 0.15) is 6.42 Å². The van der Waals surface area contributed by atoms with Crippen molar-refractivity contribution < 1.29 is 0 Å². The Balaban J connectivity index is 1.65. The standard InChI is InChI=1S/C10H19N5/c11-10-8-13-15(9-10)5-1-4-14-6-2-12-3-7-14/h8-9,12H,1-7,11H2. The molecule has 15 heavy (non-hydrogen) atoms. The lowest BCUT2D eigenvalue weighted by atomic mass is 10.3. The summed E-state index contributed by atoms with van der Waals surface area (Å²) >= 11 is 0. The lowest BCUT2D eigenvalue weighted by Crippen LogP contribution is -2.43. The third-order valence-electron chi connectivity index (χ3n) is 2.72. The molecule has 1 aliphatic rings. The Morgan fingerprint density at radius 3 is 2.80 bits per heavy atom. The first-order valence-electron chi connectivity index (χ1n) is 5.55. The van der Waals surface area contributed by atoms with Crippen molar-refractivity contribution in [3.8, 4) is 0 Å². The van der Waals surface area contributed by atoms with Crippen LogP contribution in [-0.4, -0.2) is 47.4 Å². The van der Waals surface area contributed by atoms with Crippen molar-refractivity contribution in [2.75, 3.05) is 38.5 Å². The van der Waals surface area contributed by atoms with Crippen LogP contribution in [0.3, 0.4) is 0 Å². The van der Waals surface area contributed by atoms with E-state index in [1.54, 1.807) is 6.20 Å². The number of aromatic nitrogens is 2. The van der Waals surface area contributed by atoms with Crippen LogP contribution >= 0.6 is 0 Å². The highest BCUT2D eigenvalue weighted by Gasteiger charge is 2.08. The Bertz CT molecular complexity index is 290. The van der Waals surface area contributed by atoms with Gasteiger partial charge in [-0.05, 0) is 13.0 Å². The number of piperazine rings is 1. The number of hydrogen-bond acceptors (Lipinski definition) is 4. The van der Waals surface area contributed by atoms with Gasteiger partial charge in [-0.3, -0.25) is 4.68 Å². The summed E-state index contributed by atoms with van der Waals surface area (Å²) in [4.78, 5) is 2.49. The second-order valence-corrected chi connectivity index (χ2v) is 3.98. The summed E-state index contributed by atoms with van der Waals surface area (Å²) in [5, 5.41) is 7.51. The zero-order valence-corrected chi connectivity index (χ0v) is 9.02. The van der Waals surface area contributed by atoms with Crippen molar-refractivity contribution in [1.82, 2.24) is 20.0 Å². The minimum absolute atomic E-state index is 0.747. The van der Waals surface area contributed by atoms with Gasteiger partial charge in [0.15, 0.2) is 0 Å². The van der Waals surface area contributed by atoms with Crippen LogP contribution in [0.2, 0.25) is 0 Å². The number of aryl methyl sites for hydroxylation is 1. The Labute approximate surface area is 90.2 Å². The lowest BCUT2D eigenvalue weighted by Gasteiger charge is -2.26. The largest absolute Gasteiger partial charge is 0.396 e. The monoisotopic (exact) mass is 209 g/mol. The van der Waals surface area contributed by atoms with Gasteiger partial charge in [0.05, 0.1) is 11.9 Å². The summed E-state index contributed by atoms with van der Waals surface area (Å²) in [6, 6.07) is 0. The minimum Gasteiger partial charge on any atom is -0.396 e. The molecule has 0 radical (unpaired) electrons. The smallest absolute Gasteiger partial charge is 0.0719 e. The maximum atomic E-state index is 5.59. The van der Waals surface area contributed by atoms with E-state index in [2.05, 4.69) is 15.3 Å². The van der Waals surface area contributed by atoms with E-state index in [0.29, 0.717) is 0 Å². The predicted molar refractivity (Wildman–Crippen MR) is 60.6 cm³/mol. The SMILES string of the molecule is Nc1cnn(CCCN2CCNCC2)c1. The van der Waals surface area contributed by atoms with E-state index in [9.17, 15) is 0 Å². The van der Waals surface area contributed by atoms with E-state index >= 15 is 0 Å². The molecule has 1 aromatic rings. The highest BCUT2D eigenvalue weighted by molar-refractivity contribution is 5.30. The van der Waals surface area contributed by atoms with Gasteiger partial charge in [0.25, 0.3) is 0 Å². The van der Waals surface area contributed by atoms with E-state index in [-0.39, 0.29) is 0 Å². The van der Waals surface area contributed by atoms with Gasteiger partial charge < -0.3 is 16.0 Å². The first-order chi connectivity index (χ1) is 7.34. The average molecular weight is 209 g/mol. The first-order valence-corrected chi connectivity index (χ1v) is 5.55. The fraction of sp³-hybridized carbons (Fsp3) is 0.700. The average Bonchev–Trinajstić information content (AvgIpc) is 2.66. The third-order valence-corrected chi connectivity index (χ3v) is 2.72. The Morgan fingerprint density at radius 1 is 1.33 bits per heavy atom. The van der Waals surface area contributed by atoms with Crippen molar-refractivity contribution in [2.24, 2.45) is 0 Å². The minimum atomic E-state index is 0.747. The topological polar surface area (TPSA) is 59.1 Å². The van der Waals surface area contributed by atoms with Gasteiger partial charge in [0, 0.05) is 38.9 Å². The molecule has 84 valence electrons. The molecule has 0 amide bonds. The molecule has 0 spiro atoms. The highest BCUT2D eigenvalue weighted by Crippen LogP contribution is 2.00. The van der Waals surface area contributed by atoms with Crippen LogP contribution in [0.15, 0.2) is 12.4 Å². The normalized spacial score (nSPS) is 18.1. The summed E-state index contributed by atoms with van der Waals surface area (Å²) in [5.74, 6) is 0. The van der Waals surface area contributed by atoms with Crippen LogP contribution in [0, 0.1) is 0 Å². The van der Waals surface area contributed by atoms with Crippen LogP contribution < -0.4 is 11.1 Å². The van der Waals surface area contributed by atoms with Gasteiger partial charge in [0.1, 0.15) is 0 Å². The fourth-order valence-electron chi connectivity index (χ4n) is 1.89. The van der Waals surface area contributed by atoms with Crippen LogP contribution in [0.5, 0.6) is 0 Å². The van der Waals surface area contributed by atoms with Gasteiger partial charge in [-0.1, -0.05) is 0 Å². The molecule has 0 aromatic carbocycles. The number of nitrogens with one attached hydrogen (secondary N) is 1. The Hall–Kier alpha value is -1.07. The predicted octanol–water partition coefficient (Wildman–Crippen LogP) is -0.239. The maximum Gasteiger partial charge on any atom is 0.0719 e. The maximum absolute atomic E-state index is 5.59. The molecule has 3 N–H and O–H groups in total. The second-order valence-electron chi connectivity index (χ2n) is 3.98. The van der Waals surface area contributed by atoms with E-state index in [0.717, 1.165) is 38.3 Å². The van der Waals surface area contributed by atoms with E-state index in [1.807, 2.05) is 10.9 Å². The van der Waals surface area contributed by atoms with E-state index in [4.69, 9.17) is 5.73 Å². The number of nitrogens with zero attached hydrogens (tertiary/aromatic N) is 3. The Morgan fingerprint density at radius 2 is 2.13 bits per heavy atom. The summed E-state index contributed by atoms with van der Waals surface area (Å²) in [6.07, 6.45) is 4.73. The molecule has 0 saturated carbocycles. The molecule has 1 fully saturated rings. The summed E-state index contributed by atoms with van der Waals surface area (Å²) in [6.45, 7) is 6.69. The molecular weight excluding hydrogens is 190 g/mol. The Kier molecular flexibility index (Phi) is 3.58. The van der Waals surface area contributed by atoms with E-state index in [1.165, 1.54) is 13.1 Å². The van der Waals surface area contributed by atoms with Crippen molar-refractivity contribution in [2.45, 2.75) is 13.0 Å².